The molecule has 3 N–H and O–H groups in total. The Morgan fingerprint density at radius 1 is 1.32 bits per heavy atom. The number of carboxylic acids is 1. The number of carboxylic acid groups (broad SMARTS) is 1. The highest BCUT2D eigenvalue weighted by atomic mass is 16.4. The first-order chi connectivity index (χ1) is 8.93. The molecule has 1 saturated heterocycles. The third kappa shape index (κ3) is 3.93. The van der Waals surface area contributed by atoms with E-state index < -0.39 is 11.9 Å². The number of rotatable bonds is 6. The Labute approximate surface area is 115 Å². The molecule has 0 bridgehead atoms. The van der Waals surface area contributed by atoms with Crippen LogP contribution >= 0.6 is 0 Å². The SMILES string of the molecule is CCC1(C(=O)NCC(C(=O)O)C(C)C)CCNCC1. The molecule has 0 aromatic carbocycles. The molecular formula is C14H26N2O3. The van der Waals surface area contributed by atoms with Crippen molar-refractivity contribution in [2.45, 2.75) is 40.0 Å². The molecule has 1 aliphatic rings. The van der Waals surface area contributed by atoms with Gasteiger partial charge in [0.05, 0.1) is 11.3 Å². The van der Waals surface area contributed by atoms with Gasteiger partial charge in [0.15, 0.2) is 0 Å². The van der Waals surface area contributed by atoms with E-state index in [2.05, 4.69) is 10.6 Å². The van der Waals surface area contributed by atoms with Crippen LogP contribution in [0.2, 0.25) is 0 Å². The summed E-state index contributed by atoms with van der Waals surface area (Å²) >= 11 is 0. The molecule has 0 aliphatic carbocycles. The molecule has 0 spiro atoms. The minimum atomic E-state index is -0.842. The molecule has 110 valence electrons. The van der Waals surface area contributed by atoms with Crippen LogP contribution in [0.3, 0.4) is 0 Å². The molecule has 1 heterocycles. The maximum Gasteiger partial charge on any atom is 0.308 e. The average Bonchev–Trinajstić information content (AvgIpc) is 2.38. The maximum atomic E-state index is 12.4. The predicted octanol–water partition coefficient (Wildman–Crippen LogP) is 1.24. The fourth-order valence-electron chi connectivity index (χ4n) is 2.64. The quantitative estimate of drug-likeness (QED) is 0.678. The van der Waals surface area contributed by atoms with Crippen molar-refractivity contribution in [2.75, 3.05) is 19.6 Å². The molecule has 0 aromatic rings. The van der Waals surface area contributed by atoms with Crippen LogP contribution in [-0.2, 0) is 9.59 Å². The Kier molecular flexibility index (Phi) is 5.79. The van der Waals surface area contributed by atoms with Crippen molar-refractivity contribution in [3.63, 3.8) is 0 Å². The molecule has 1 unspecified atom stereocenters. The lowest BCUT2D eigenvalue weighted by atomic mass is 9.75. The predicted molar refractivity (Wildman–Crippen MR) is 73.8 cm³/mol. The Morgan fingerprint density at radius 3 is 2.32 bits per heavy atom. The first-order valence-corrected chi connectivity index (χ1v) is 7.15. The van der Waals surface area contributed by atoms with E-state index in [0.717, 1.165) is 32.4 Å². The summed E-state index contributed by atoms with van der Waals surface area (Å²) in [4.78, 5) is 23.5. The molecule has 0 saturated carbocycles. The number of nitrogens with one attached hydrogen (secondary N) is 2. The van der Waals surface area contributed by atoms with Gasteiger partial charge in [-0.05, 0) is 38.3 Å². The standard InChI is InChI=1S/C14H26N2O3/c1-4-14(5-7-15-8-6-14)13(19)16-9-11(10(2)3)12(17)18/h10-11,15H,4-9H2,1-3H3,(H,16,19)(H,17,18). The number of carbonyl (C=O) groups excluding carboxylic acids is 1. The fourth-order valence-corrected chi connectivity index (χ4v) is 2.64. The fraction of sp³-hybridized carbons (Fsp3) is 0.857. The summed E-state index contributed by atoms with van der Waals surface area (Å²) in [7, 11) is 0. The first kappa shape index (κ1) is 16.0. The van der Waals surface area contributed by atoms with Crippen molar-refractivity contribution in [1.29, 1.82) is 0 Å². The number of aliphatic carboxylic acids is 1. The molecule has 1 aliphatic heterocycles. The van der Waals surface area contributed by atoms with E-state index in [0.29, 0.717) is 0 Å². The lowest BCUT2D eigenvalue weighted by molar-refractivity contribution is -0.143. The van der Waals surface area contributed by atoms with Crippen LogP contribution in [0, 0.1) is 17.3 Å². The van der Waals surface area contributed by atoms with E-state index in [4.69, 9.17) is 5.11 Å². The Bertz CT molecular complexity index is 323. The van der Waals surface area contributed by atoms with Crippen molar-refractivity contribution >= 4 is 11.9 Å². The van der Waals surface area contributed by atoms with Crippen LogP contribution in [0.5, 0.6) is 0 Å². The summed E-state index contributed by atoms with van der Waals surface area (Å²) in [6, 6.07) is 0. The van der Waals surface area contributed by atoms with Gasteiger partial charge in [0.25, 0.3) is 0 Å². The van der Waals surface area contributed by atoms with Crippen LogP contribution in [0.25, 0.3) is 0 Å². The number of hydrogen-bond donors (Lipinski definition) is 3. The van der Waals surface area contributed by atoms with Gasteiger partial charge in [0.2, 0.25) is 5.91 Å². The minimum Gasteiger partial charge on any atom is -0.481 e. The molecule has 1 atom stereocenters. The van der Waals surface area contributed by atoms with Crippen molar-refractivity contribution in [1.82, 2.24) is 10.6 Å². The van der Waals surface area contributed by atoms with E-state index in [1.807, 2.05) is 20.8 Å². The summed E-state index contributed by atoms with van der Waals surface area (Å²) in [5.74, 6) is -1.32. The smallest absolute Gasteiger partial charge is 0.308 e. The summed E-state index contributed by atoms with van der Waals surface area (Å²) in [5.41, 5.74) is -0.314. The number of hydrogen-bond acceptors (Lipinski definition) is 3. The average molecular weight is 270 g/mol. The van der Waals surface area contributed by atoms with Gasteiger partial charge in [-0.15, -0.1) is 0 Å². The second kappa shape index (κ2) is 6.89. The molecule has 1 amide bonds. The molecule has 19 heavy (non-hydrogen) atoms. The normalized spacial score (nSPS) is 20.0. The molecule has 0 radical (unpaired) electrons. The minimum absolute atomic E-state index is 0.0170. The van der Waals surface area contributed by atoms with Gasteiger partial charge in [-0.25, -0.2) is 0 Å². The highest BCUT2D eigenvalue weighted by Crippen LogP contribution is 2.32. The zero-order chi connectivity index (χ0) is 14.5. The largest absolute Gasteiger partial charge is 0.481 e. The van der Waals surface area contributed by atoms with E-state index in [1.54, 1.807) is 0 Å². The van der Waals surface area contributed by atoms with Gasteiger partial charge < -0.3 is 15.7 Å². The van der Waals surface area contributed by atoms with E-state index >= 15 is 0 Å². The van der Waals surface area contributed by atoms with Crippen molar-refractivity contribution < 1.29 is 14.7 Å². The van der Waals surface area contributed by atoms with Gasteiger partial charge in [-0.1, -0.05) is 20.8 Å². The summed E-state index contributed by atoms with van der Waals surface area (Å²) in [5, 5.41) is 15.2. The lowest BCUT2D eigenvalue weighted by Gasteiger charge is -2.35. The van der Waals surface area contributed by atoms with Crippen LogP contribution in [0.15, 0.2) is 0 Å². The summed E-state index contributed by atoms with van der Waals surface area (Å²) in [6.07, 6.45) is 2.46. The van der Waals surface area contributed by atoms with Gasteiger partial charge >= 0.3 is 5.97 Å². The molecular weight excluding hydrogens is 244 g/mol. The van der Waals surface area contributed by atoms with E-state index in [-0.39, 0.29) is 23.8 Å². The number of amides is 1. The van der Waals surface area contributed by atoms with Gasteiger partial charge in [-0.2, -0.15) is 0 Å². The summed E-state index contributed by atoms with van der Waals surface area (Å²) in [6.45, 7) is 7.70. The topological polar surface area (TPSA) is 78.4 Å². The van der Waals surface area contributed by atoms with E-state index in [9.17, 15) is 9.59 Å². The zero-order valence-corrected chi connectivity index (χ0v) is 12.2. The Hall–Kier alpha value is -1.10. The molecule has 0 aromatic heterocycles. The second-order valence-corrected chi connectivity index (χ2v) is 5.78. The van der Waals surface area contributed by atoms with Crippen molar-refractivity contribution in [2.24, 2.45) is 17.3 Å². The highest BCUT2D eigenvalue weighted by molar-refractivity contribution is 5.83. The molecule has 5 nitrogen and oxygen atoms in total. The molecule has 5 heteroatoms. The molecule has 1 rings (SSSR count). The van der Waals surface area contributed by atoms with Gasteiger partial charge in [0, 0.05) is 6.54 Å². The highest BCUT2D eigenvalue weighted by Gasteiger charge is 2.38. The van der Waals surface area contributed by atoms with Crippen LogP contribution < -0.4 is 10.6 Å². The van der Waals surface area contributed by atoms with Crippen LogP contribution in [0.1, 0.15) is 40.0 Å². The lowest BCUT2D eigenvalue weighted by Crippen LogP contribution is -2.49. The van der Waals surface area contributed by atoms with Gasteiger partial charge in [-0.3, -0.25) is 9.59 Å². The summed E-state index contributed by atoms with van der Waals surface area (Å²) < 4.78 is 0. The third-order valence-electron chi connectivity index (χ3n) is 4.32. The Balaban J connectivity index is 2.60. The second-order valence-electron chi connectivity index (χ2n) is 5.78. The molecule has 1 fully saturated rings. The van der Waals surface area contributed by atoms with Crippen molar-refractivity contribution in [3.8, 4) is 0 Å². The van der Waals surface area contributed by atoms with Crippen LogP contribution in [0.4, 0.5) is 0 Å². The van der Waals surface area contributed by atoms with Crippen LogP contribution in [-0.4, -0.2) is 36.6 Å². The monoisotopic (exact) mass is 270 g/mol. The number of piperidine rings is 1. The maximum absolute atomic E-state index is 12.4. The van der Waals surface area contributed by atoms with E-state index in [1.165, 1.54) is 0 Å². The first-order valence-electron chi connectivity index (χ1n) is 7.15. The zero-order valence-electron chi connectivity index (χ0n) is 12.2. The third-order valence-corrected chi connectivity index (χ3v) is 4.32. The number of carbonyl (C=O) groups is 2. The van der Waals surface area contributed by atoms with Gasteiger partial charge in [0.1, 0.15) is 0 Å². The van der Waals surface area contributed by atoms with Crippen molar-refractivity contribution in [3.05, 3.63) is 0 Å². The Morgan fingerprint density at radius 2 is 1.89 bits per heavy atom.